The summed E-state index contributed by atoms with van der Waals surface area (Å²) in [7, 11) is 0. The normalized spacial score (nSPS) is 11.3. The quantitative estimate of drug-likeness (QED) is 0.355. The van der Waals surface area contributed by atoms with Crippen LogP contribution in [-0.4, -0.2) is 21.9 Å². The van der Waals surface area contributed by atoms with E-state index in [2.05, 4.69) is 15.6 Å². The number of nitrogens with zero attached hydrogens (tertiary/aromatic N) is 3. The largest absolute Gasteiger partial charge is 0.390 e. The SMILES string of the molecule is Nc1scc2c(C(=O)N/N=C/c3ccc(Cl)cc3)nn(-c3ccc(Cl)cc3)c(=O)c12. The van der Waals surface area contributed by atoms with E-state index in [1.165, 1.54) is 6.21 Å². The maximum atomic E-state index is 12.9. The van der Waals surface area contributed by atoms with Crippen molar-refractivity contribution in [2.75, 3.05) is 5.73 Å². The van der Waals surface area contributed by atoms with Gasteiger partial charge >= 0.3 is 0 Å². The molecule has 0 atom stereocenters. The number of carbonyl (C=O) groups excluding carboxylic acids is 1. The molecule has 3 N–H and O–H groups in total. The van der Waals surface area contributed by atoms with E-state index in [4.69, 9.17) is 28.9 Å². The van der Waals surface area contributed by atoms with Crippen LogP contribution in [0.2, 0.25) is 10.0 Å². The van der Waals surface area contributed by atoms with Crippen LogP contribution in [0.4, 0.5) is 5.00 Å². The minimum absolute atomic E-state index is 0.0285. The predicted molar refractivity (Wildman–Crippen MR) is 121 cm³/mol. The average Bonchev–Trinajstić information content (AvgIpc) is 3.13. The molecule has 0 radical (unpaired) electrons. The fourth-order valence-electron chi connectivity index (χ4n) is 2.77. The fourth-order valence-corrected chi connectivity index (χ4v) is 3.81. The molecule has 0 aliphatic rings. The Morgan fingerprint density at radius 1 is 1.10 bits per heavy atom. The highest BCUT2D eigenvalue weighted by Gasteiger charge is 2.20. The first-order chi connectivity index (χ1) is 14.4. The van der Waals surface area contributed by atoms with Gasteiger partial charge in [-0.1, -0.05) is 35.3 Å². The van der Waals surface area contributed by atoms with Crippen molar-refractivity contribution in [1.82, 2.24) is 15.2 Å². The van der Waals surface area contributed by atoms with Gasteiger partial charge in [0.15, 0.2) is 5.69 Å². The third-order valence-electron chi connectivity index (χ3n) is 4.22. The molecule has 4 aromatic rings. The number of halogens is 2. The summed E-state index contributed by atoms with van der Waals surface area (Å²) in [5, 5.41) is 11.9. The van der Waals surface area contributed by atoms with Crippen molar-refractivity contribution in [3.63, 3.8) is 0 Å². The average molecular weight is 458 g/mol. The van der Waals surface area contributed by atoms with Crippen molar-refractivity contribution >= 4 is 62.4 Å². The molecule has 10 heteroatoms. The van der Waals surface area contributed by atoms with Gasteiger partial charge in [-0.3, -0.25) is 9.59 Å². The zero-order chi connectivity index (χ0) is 21.3. The Balaban J connectivity index is 1.73. The highest BCUT2D eigenvalue weighted by molar-refractivity contribution is 7.15. The van der Waals surface area contributed by atoms with E-state index < -0.39 is 11.5 Å². The van der Waals surface area contributed by atoms with E-state index in [0.29, 0.717) is 26.1 Å². The summed E-state index contributed by atoms with van der Waals surface area (Å²) in [6.45, 7) is 0. The van der Waals surface area contributed by atoms with Gasteiger partial charge in [0.05, 0.1) is 22.3 Å². The summed E-state index contributed by atoms with van der Waals surface area (Å²) in [4.78, 5) is 25.7. The molecule has 0 unspecified atom stereocenters. The molecule has 150 valence electrons. The number of benzene rings is 2. The van der Waals surface area contributed by atoms with Gasteiger partial charge < -0.3 is 5.73 Å². The molecule has 7 nitrogen and oxygen atoms in total. The zero-order valence-corrected chi connectivity index (χ0v) is 17.5. The first-order valence-electron chi connectivity index (χ1n) is 8.59. The number of fused-ring (bicyclic) bond motifs is 1. The van der Waals surface area contributed by atoms with E-state index in [-0.39, 0.29) is 11.1 Å². The van der Waals surface area contributed by atoms with Gasteiger partial charge in [0.1, 0.15) is 0 Å². The van der Waals surface area contributed by atoms with Gasteiger partial charge in [-0.05, 0) is 42.0 Å². The summed E-state index contributed by atoms with van der Waals surface area (Å²) in [5.74, 6) is -0.578. The molecule has 0 aliphatic heterocycles. The number of carbonyl (C=O) groups is 1. The topological polar surface area (TPSA) is 102 Å². The monoisotopic (exact) mass is 457 g/mol. The first-order valence-corrected chi connectivity index (χ1v) is 10.2. The lowest BCUT2D eigenvalue weighted by atomic mass is 10.2. The Hall–Kier alpha value is -3.20. The van der Waals surface area contributed by atoms with Crippen LogP contribution in [0.15, 0.2) is 63.8 Å². The number of hydrazone groups is 1. The first kappa shape index (κ1) is 20.1. The van der Waals surface area contributed by atoms with Crippen molar-refractivity contribution < 1.29 is 4.79 Å². The van der Waals surface area contributed by atoms with Gasteiger partial charge in [0, 0.05) is 20.8 Å². The molecule has 0 saturated carbocycles. The number of nitrogens with two attached hydrogens (primary N) is 1. The van der Waals surface area contributed by atoms with Crippen molar-refractivity contribution in [1.29, 1.82) is 0 Å². The molecule has 0 saturated heterocycles. The molecule has 2 heterocycles. The van der Waals surface area contributed by atoms with E-state index in [0.717, 1.165) is 21.6 Å². The number of hydrogen-bond donors (Lipinski definition) is 2. The van der Waals surface area contributed by atoms with Crippen molar-refractivity contribution in [3.8, 4) is 5.69 Å². The molecule has 0 aliphatic carbocycles. The van der Waals surface area contributed by atoms with Crippen LogP contribution in [0.3, 0.4) is 0 Å². The Morgan fingerprint density at radius 2 is 1.73 bits per heavy atom. The maximum absolute atomic E-state index is 12.9. The molecule has 0 spiro atoms. The number of thiophene rings is 1. The number of nitrogens with one attached hydrogen (secondary N) is 1. The fraction of sp³-hybridized carbons (Fsp3) is 0. The molecule has 2 aromatic carbocycles. The second-order valence-electron chi connectivity index (χ2n) is 6.18. The van der Waals surface area contributed by atoms with E-state index >= 15 is 0 Å². The lowest BCUT2D eigenvalue weighted by Gasteiger charge is -2.08. The van der Waals surface area contributed by atoms with Crippen LogP contribution >= 0.6 is 34.5 Å². The number of aromatic nitrogens is 2. The Morgan fingerprint density at radius 3 is 2.40 bits per heavy atom. The number of rotatable bonds is 4. The summed E-state index contributed by atoms with van der Waals surface area (Å²) in [6.07, 6.45) is 1.47. The van der Waals surface area contributed by atoms with E-state index in [9.17, 15) is 9.59 Å². The minimum Gasteiger partial charge on any atom is -0.390 e. The Labute approximate surface area is 184 Å². The molecular formula is C20H13Cl2N5O2S. The van der Waals surface area contributed by atoms with Gasteiger partial charge in [-0.15, -0.1) is 11.3 Å². The van der Waals surface area contributed by atoms with Crippen LogP contribution in [-0.2, 0) is 0 Å². The Kier molecular flexibility index (Phi) is 5.54. The molecule has 0 fully saturated rings. The van der Waals surface area contributed by atoms with Crippen molar-refractivity contribution in [3.05, 3.63) is 85.6 Å². The van der Waals surface area contributed by atoms with Crippen LogP contribution in [0, 0.1) is 0 Å². The van der Waals surface area contributed by atoms with Crippen LogP contribution < -0.4 is 16.7 Å². The molecule has 4 rings (SSSR count). The summed E-state index contributed by atoms with van der Waals surface area (Å²) in [5.41, 5.74) is 9.24. The van der Waals surface area contributed by atoms with Gasteiger partial charge in [-0.2, -0.15) is 14.9 Å². The number of nitrogen functional groups attached to an aromatic ring is 1. The predicted octanol–water partition coefficient (Wildman–Crippen LogP) is 4.10. The van der Waals surface area contributed by atoms with Crippen molar-refractivity contribution in [2.45, 2.75) is 0 Å². The second-order valence-corrected chi connectivity index (χ2v) is 7.97. The Bertz CT molecular complexity index is 1330. The maximum Gasteiger partial charge on any atom is 0.292 e. The van der Waals surface area contributed by atoms with Crippen LogP contribution in [0.5, 0.6) is 0 Å². The molecule has 30 heavy (non-hydrogen) atoms. The molecule has 2 aromatic heterocycles. The summed E-state index contributed by atoms with van der Waals surface area (Å²) < 4.78 is 1.12. The van der Waals surface area contributed by atoms with E-state index in [1.54, 1.807) is 53.9 Å². The number of anilines is 1. The second kappa shape index (κ2) is 8.27. The lowest BCUT2D eigenvalue weighted by Crippen LogP contribution is -2.28. The van der Waals surface area contributed by atoms with Gasteiger partial charge in [-0.25, -0.2) is 5.43 Å². The highest BCUT2D eigenvalue weighted by Crippen LogP contribution is 2.27. The summed E-state index contributed by atoms with van der Waals surface area (Å²) in [6, 6.07) is 13.5. The van der Waals surface area contributed by atoms with Gasteiger partial charge in [0.2, 0.25) is 0 Å². The molecule has 0 bridgehead atoms. The van der Waals surface area contributed by atoms with Crippen LogP contribution in [0.25, 0.3) is 16.5 Å². The third-order valence-corrected chi connectivity index (χ3v) is 5.53. The molecular weight excluding hydrogens is 445 g/mol. The van der Waals surface area contributed by atoms with Crippen molar-refractivity contribution in [2.24, 2.45) is 5.10 Å². The van der Waals surface area contributed by atoms with Crippen LogP contribution in [0.1, 0.15) is 16.1 Å². The third kappa shape index (κ3) is 3.93. The van der Waals surface area contributed by atoms with Gasteiger partial charge in [0.25, 0.3) is 11.5 Å². The number of hydrogen-bond acceptors (Lipinski definition) is 6. The lowest BCUT2D eigenvalue weighted by molar-refractivity contribution is 0.0950. The summed E-state index contributed by atoms with van der Waals surface area (Å²) >= 11 is 12.9. The van der Waals surface area contributed by atoms with E-state index in [1.807, 2.05) is 0 Å². The number of amides is 1. The molecule has 1 amide bonds. The standard InChI is InChI=1S/C20H13Cl2N5O2S/c21-12-3-1-11(2-4-12)9-24-25-19(28)17-15-10-30-18(23)16(15)20(29)27(26-17)14-7-5-13(22)6-8-14/h1-10H,23H2,(H,25,28)/b24-9+. The highest BCUT2D eigenvalue weighted by atomic mass is 35.5. The smallest absolute Gasteiger partial charge is 0.292 e. The minimum atomic E-state index is -0.578. The zero-order valence-electron chi connectivity index (χ0n) is 15.2.